The van der Waals surface area contributed by atoms with Gasteiger partial charge < -0.3 is 16.0 Å². The lowest BCUT2D eigenvalue weighted by Gasteiger charge is -2.36. The van der Waals surface area contributed by atoms with Gasteiger partial charge in [0.2, 0.25) is 11.8 Å². The molecule has 0 aromatic rings. The number of hydrazine groups is 1. The summed E-state index contributed by atoms with van der Waals surface area (Å²) in [5, 5.41) is 25.2. The number of nitro groups is 1. The Kier molecular flexibility index (Phi) is 11.4. The molecule has 0 bridgehead atoms. The molecule has 2 amide bonds. The van der Waals surface area contributed by atoms with E-state index in [9.17, 15) is 19.7 Å². The van der Waals surface area contributed by atoms with E-state index >= 15 is 0 Å². The van der Waals surface area contributed by atoms with Crippen LogP contribution in [0.4, 0.5) is 0 Å². The third-order valence-corrected chi connectivity index (χ3v) is 5.96. The Morgan fingerprint density at radius 2 is 1.81 bits per heavy atom. The summed E-state index contributed by atoms with van der Waals surface area (Å²) in [4.78, 5) is 35.9. The molecule has 0 aromatic heterocycles. The molecule has 0 unspecified atom stereocenters. The fourth-order valence-corrected chi connectivity index (χ4v) is 3.93. The molecule has 32 heavy (non-hydrogen) atoms. The topological polar surface area (TPSA) is 149 Å². The van der Waals surface area contributed by atoms with Crippen LogP contribution in [0.2, 0.25) is 0 Å². The van der Waals surface area contributed by atoms with Crippen molar-refractivity contribution in [2.24, 2.45) is 23.2 Å². The number of rotatable bonds is 11. The largest absolute Gasteiger partial charge is 0.352 e. The van der Waals surface area contributed by atoms with Gasteiger partial charge in [0.05, 0.1) is 0 Å². The first-order valence-corrected chi connectivity index (χ1v) is 11.6. The summed E-state index contributed by atoms with van der Waals surface area (Å²) in [5.41, 5.74) is 1.96. The van der Waals surface area contributed by atoms with E-state index in [4.69, 9.17) is 5.41 Å². The Morgan fingerprint density at radius 3 is 2.34 bits per heavy atom. The van der Waals surface area contributed by atoms with E-state index < -0.39 is 17.0 Å². The highest BCUT2D eigenvalue weighted by Gasteiger charge is 2.33. The highest BCUT2D eigenvalue weighted by molar-refractivity contribution is 5.88. The average Bonchev–Trinajstić information content (AvgIpc) is 2.68. The maximum absolute atomic E-state index is 12.9. The maximum Gasteiger partial charge on any atom is 0.251 e. The molecule has 0 saturated heterocycles. The van der Waals surface area contributed by atoms with Gasteiger partial charge in [-0.25, -0.2) is 10.1 Å². The highest BCUT2D eigenvalue weighted by Crippen LogP contribution is 2.39. The van der Waals surface area contributed by atoms with Gasteiger partial charge in [-0.2, -0.15) is 0 Å². The summed E-state index contributed by atoms with van der Waals surface area (Å²) in [6, 6.07) is -0.689. The molecule has 0 aliphatic heterocycles. The van der Waals surface area contributed by atoms with Crippen LogP contribution in [0.3, 0.4) is 0 Å². The van der Waals surface area contributed by atoms with Crippen molar-refractivity contribution in [2.75, 3.05) is 6.54 Å². The lowest BCUT2D eigenvalue weighted by Crippen LogP contribution is -2.49. The van der Waals surface area contributed by atoms with Crippen LogP contribution >= 0.6 is 0 Å². The average molecular weight is 454 g/mol. The lowest BCUT2D eigenvalue weighted by atomic mass is 9.69. The van der Waals surface area contributed by atoms with Gasteiger partial charge in [-0.1, -0.05) is 40.0 Å². The molecule has 1 rings (SSSR count). The maximum atomic E-state index is 12.9. The normalized spacial score (nSPS) is 19.7. The fraction of sp³-hybridized carbons (Fsp3) is 0.818. The predicted molar refractivity (Wildman–Crippen MR) is 124 cm³/mol. The van der Waals surface area contributed by atoms with Crippen molar-refractivity contribution < 1.29 is 14.6 Å². The molecule has 1 radical (unpaired) electrons. The summed E-state index contributed by atoms with van der Waals surface area (Å²) in [6.45, 7) is 12.8. The number of hydrogen-bond acceptors (Lipinski definition) is 5. The second kappa shape index (κ2) is 13.2. The Hall–Kier alpha value is -2.39. The molecule has 183 valence electrons. The van der Waals surface area contributed by atoms with E-state index in [0.29, 0.717) is 24.7 Å². The fourth-order valence-electron chi connectivity index (χ4n) is 3.93. The Morgan fingerprint density at radius 1 is 1.19 bits per heavy atom. The smallest absolute Gasteiger partial charge is 0.251 e. The number of hydrogen-bond donors (Lipinski definition) is 5. The van der Waals surface area contributed by atoms with Gasteiger partial charge in [0.15, 0.2) is 5.03 Å². The third-order valence-electron chi connectivity index (χ3n) is 5.96. The molecule has 1 atom stereocenters. The van der Waals surface area contributed by atoms with Gasteiger partial charge in [-0.3, -0.25) is 15.0 Å². The molecular formula is C22H41N6O4. The summed E-state index contributed by atoms with van der Waals surface area (Å²) < 4.78 is 0. The molecular weight excluding hydrogens is 412 g/mol. The number of nitrogens with zero attached hydrogens (tertiary/aromatic N) is 1. The molecule has 10 heteroatoms. The number of nitrogens with one attached hydrogen (secondary N) is 5. The Labute approximate surface area is 191 Å². The van der Waals surface area contributed by atoms with Gasteiger partial charge >= 0.3 is 0 Å². The van der Waals surface area contributed by atoms with E-state index in [1.54, 1.807) is 12.0 Å². The minimum Gasteiger partial charge on any atom is -0.352 e. The lowest BCUT2D eigenvalue weighted by molar-refractivity contribution is -0.525. The van der Waals surface area contributed by atoms with Crippen LogP contribution in [0.5, 0.6) is 0 Å². The van der Waals surface area contributed by atoms with Gasteiger partial charge in [0, 0.05) is 19.0 Å². The SMILES string of the molecule is CC(C)C[CH]NC(=O)[C@H](CCCNC(=N)N[N+](=O)[O-])NC(=O)C1CCC(C(C)(C)C)CC1. The number of carbonyl (C=O) groups excluding carboxylic acids is 2. The second-order valence-corrected chi connectivity index (χ2v) is 10.1. The van der Waals surface area contributed by atoms with Crippen LogP contribution in [0.25, 0.3) is 0 Å². The van der Waals surface area contributed by atoms with Crippen LogP contribution in [-0.4, -0.2) is 35.4 Å². The van der Waals surface area contributed by atoms with Crippen molar-refractivity contribution in [1.29, 1.82) is 5.41 Å². The molecule has 10 nitrogen and oxygen atoms in total. The van der Waals surface area contributed by atoms with E-state index in [0.717, 1.165) is 32.1 Å². The van der Waals surface area contributed by atoms with Crippen LogP contribution in [0, 0.1) is 45.2 Å². The van der Waals surface area contributed by atoms with Gasteiger partial charge in [0.1, 0.15) is 6.04 Å². The monoisotopic (exact) mass is 453 g/mol. The van der Waals surface area contributed by atoms with Gasteiger partial charge in [-0.05, 0) is 62.2 Å². The van der Waals surface area contributed by atoms with Crippen LogP contribution in [0.1, 0.15) is 79.6 Å². The van der Waals surface area contributed by atoms with Crippen molar-refractivity contribution in [3.05, 3.63) is 16.7 Å². The summed E-state index contributed by atoms with van der Waals surface area (Å²) >= 11 is 0. The Balaban J connectivity index is 2.59. The zero-order valence-corrected chi connectivity index (χ0v) is 20.1. The molecule has 1 saturated carbocycles. The number of carbonyl (C=O) groups is 2. The van der Waals surface area contributed by atoms with Crippen molar-refractivity contribution in [3.8, 4) is 0 Å². The Bertz CT molecular complexity index is 639. The molecule has 1 fully saturated rings. The molecule has 0 heterocycles. The van der Waals surface area contributed by atoms with Crippen molar-refractivity contribution in [3.63, 3.8) is 0 Å². The van der Waals surface area contributed by atoms with Crippen LogP contribution in [0.15, 0.2) is 0 Å². The quantitative estimate of drug-likeness (QED) is 0.107. The first kappa shape index (κ1) is 27.6. The van der Waals surface area contributed by atoms with E-state index in [1.165, 1.54) is 0 Å². The molecule has 5 N–H and O–H groups in total. The van der Waals surface area contributed by atoms with Crippen molar-refractivity contribution in [1.82, 2.24) is 21.4 Å². The van der Waals surface area contributed by atoms with E-state index in [-0.39, 0.29) is 29.7 Å². The second-order valence-electron chi connectivity index (χ2n) is 10.1. The molecule has 1 aliphatic carbocycles. The summed E-state index contributed by atoms with van der Waals surface area (Å²) in [6.07, 6.45) is 5.23. The van der Waals surface area contributed by atoms with Gasteiger partial charge in [-0.15, -0.1) is 0 Å². The zero-order valence-electron chi connectivity index (χ0n) is 20.1. The number of amides is 2. The minimum atomic E-state index is -0.815. The zero-order chi connectivity index (χ0) is 24.3. The standard InChI is InChI=1S/C22H41N6O4/c1-15(2)12-14-24-20(30)18(7-6-13-25-21(23)27-28(31)32)26-19(29)16-8-10-17(11-9-16)22(3,4)5/h14-18H,6-13H2,1-5H3,(H,24,30)(H,26,29)(H3,23,25,27)/t16?,17?,18-/m0/s1. The predicted octanol–water partition coefficient (Wildman–Crippen LogP) is 2.73. The molecule has 0 aromatic carbocycles. The first-order chi connectivity index (χ1) is 14.9. The van der Waals surface area contributed by atoms with Crippen LogP contribution < -0.4 is 21.4 Å². The van der Waals surface area contributed by atoms with Gasteiger partial charge in [0.25, 0.3) is 5.96 Å². The molecule has 0 spiro atoms. The summed E-state index contributed by atoms with van der Waals surface area (Å²) in [5.74, 6) is 0.161. The van der Waals surface area contributed by atoms with E-state index in [2.05, 4.69) is 50.6 Å². The van der Waals surface area contributed by atoms with Crippen LogP contribution in [-0.2, 0) is 9.59 Å². The first-order valence-electron chi connectivity index (χ1n) is 11.6. The molecule has 1 aliphatic rings. The third kappa shape index (κ3) is 10.8. The van der Waals surface area contributed by atoms with E-state index in [1.807, 2.05) is 0 Å². The minimum absolute atomic E-state index is 0.0841. The summed E-state index contributed by atoms with van der Waals surface area (Å²) in [7, 11) is 0. The highest BCUT2D eigenvalue weighted by atomic mass is 16.7. The number of guanidine groups is 1. The van der Waals surface area contributed by atoms with Crippen molar-refractivity contribution in [2.45, 2.75) is 85.6 Å². The van der Waals surface area contributed by atoms with Crippen molar-refractivity contribution >= 4 is 17.8 Å².